The van der Waals surface area contributed by atoms with Crippen molar-refractivity contribution >= 4 is 16.3 Å². The van der Waals surface area contributed by atoms with Crippen LogP contribution in [0.4, 0.5) is 0 Å². The van der Waals surface area contributed by atoms with Crippen LogP contribution in [-0.4, -0.2) is 51.7 Å². The van der Waals surface area contributed by atoms with Crippen LogP contribution in [0.3, 0.4) is 0 Å². The SMILES string of the molecule is COc1ccc2c(c1)[C@]13CCN(C)[C@H](C2)[C@]1(O)Cc1sc2nc(-c4ccc(C)cc4)cn2c1C3. The molecule has 0 unspecified atom stereocenters. The number of hydrogen-bond donors (Lipinski definition) is 1. The van der Waals surface area contributed by atoms with Gasteiger partial charge in [-0.15, -0.1) is 11.3 Å². The molecule has 3 atom stereocenters. The van der Waals surface area contributed by atoms with Crippen molar-refractivity contribution in [2.24, 2.45) is 0 Å². The lowest BCUT2D eigenvalue weighted by Crippen LogP contribution is -2.73. The Morgan fingerprint density at radius 3 is 2.76 bits per heavy atom. The number of aliphatic hydroxyl groups is 1. The van der Waals surface area contributed by atoms with Crippen LogP contribution in [0.5, 0.6) is 5.75 Å². The molecule has 1 aliphatic heterocycles. The Balaban J connectivity index is 1.41. The van der Waals surface area contributed by atoms with Crippen molar-refractivity contribution in [3.05, 3.63) is 75.9 Å². The van der Waals surface area contributed by atoms with Gasteiger partial charge in [0, 0.05) is 46.6 Å². The summed E-state index contributed by atoms with van der Waals surface area (Å²) in [5.41, 5.74) is 6.24. The van der Waals surface area contributed by atoms with Crippen molar-refractivity contribution in [3.8, 4) is 17.0 Å². The Kier molecular flexibility index (Phi) is 4.22. The van der Waals surface area contributed by atoms with E-state index in [-0.39, 0.29) is 11.5 Å². The summed E-state index contributed by atoms with van der Waals surface area (Å²) in [7, 11) is 3.90. The highest BCUT2D eigenvalue weighted by Crippen LogP contribution is 2.58. The Morgan fingerprint density at radius 1 is 1.15 bits per heavy atom. The fourth-order valence-corrected chi connectivity index (χ4v) is 8.11. The maximum absolute atomic E-state index is 12.5. The second-order valence-electron chi connectivity index (χ2n) is 10.5. The lowest BCUT2D eigenvalue weighted by Gasteiger charge is -2.62. The Bertz CT molecular complexity index is 1440. The summed E-state index contributed by atoms with van der Waals surface area (Å²) < 4.78 is 7.93. The number of benzene rings is 2. The van der Waals surface area contributed by atoms with Gasteiger partial charge in [0.15, 0.2) is 4.96 Å². The summed E-state index contributed by atoms with van der Waals surface area (Å²) in [6.07, 6.45) is 5.52. The molecule has 3 aliphatic rings. The number of aromatic nitrogens is 2. The van der Waals surface area contributed by atoms with Gasteiger partial charge in [0.25, 0.3) is 0 Å². The largest absolute Gasteiger partial charge is 0.497 e. The zero-order valence-electron chi connectivity index (χ0n) is 19.8. The van der Waals surface area contributed by atoms with Gasteiger partial charge in [0.1, 0.15) is 5.75 Å². The molecule has 0 spiro atoms. The predicted molar refractivity (Wildman–Crippen MR) is 135 cm³/mol. The first-order chi connectivity index (χ1) is 16.4. The highest BCUT2D eigenvalue weighted by molar-refractivity contribution is 7.17. The first-order valence-corrected chi connectivity index (χ1v) is 12.9. The fraction of sp³-hybridized carbons (Fsp3) is 0.393. The molecule has 174 valence electrons. The van der Waals surface area contributed by atoms with Gasteiger partial charge in [-0.05, 0) is 56.6 Å². The lowest BCUT2D eigenvalue weighted by molar-refractivity contribution is -0.144. The first kappa shape index (κ1) is 20.7. The van der Waals surface area contributed by atoms with E-state index in [2.05, 4.69) is 71.9 Å². The highest BCUT2D eigenvalue weighted by Gasteiger charge is 2.64. The number of likely N-dealkylation sites (tertiary alicyclic amines) is 1. The maximum atomic E-state index is 12.5. The molecule has 0 radical (unpaired) electrons. The number of rotatable bonds is 2. The minimum atomic E-state index is -0.797. The van der Waals surface area contributed by atoms with Crippen LogP contribution in [-0.2, 0) is 24.7 Å². The lowest BCUT2D eigenvalue weighted by atomic mass is 9.50. The molecule has 34 heavy (non-hydrogen) atoms. The molecule has 2 bridgehead atoms. The predicted octanol–water partition coefficient (Wildman–Crippen LogP) is 4.41. The standard InChI is InChI=1S/C28H29N3O2S/c1-17-4-6-18(7-5-17)22-16-31-23-14-27-10-11-30(2)25(12-19-8-9-20(33-3)13-21(19)27)28(27,32)15-24(23)34-26(31)29-22/h4-9,13,16,25,32H,10-12,14-15H2,1-3H3/t25-,27-,28-/m1/s1. The third-order valence-corrected chi connectivity index (χ3v) is 9.89. The molecule has 1 saturated heterocycles. The molecule has 2 aromatic heterocycles. The van der Waals surface area contributed by atoms with E-state index in [0.717, 1.165) is 47.8 Å². The van der Waals surface area contributed by atoms with Gasteiger partial charge in [-0.1, -0.05) is 35.9 Å². The van der Waals surface area contributed by atoms with Crippen molar-refractivity contribution in [1.29, 1.82) is 0 Å². The molecule has 2 aromatic carbocycles. The molecule has 1 N–H and O–H groups in total. The third kappa shape index (κ3) is 2.59. The van der Waals surface area contributed by atoms with E-state index in [0.29, 0.717) is 6.42 Å². The molecule has 0 saturated carbocycles. The van der Waals surface area contributed by atoms with E-state index in [1.54, 1.807) is 18.4 Å². The van der Waals surface area contributed by atoms with E-state index in [1.165, 1.54) is 27.3 Å². The van der Waals surface area contributed by atoms with Crippen LogP contribution < -0.4 is 4.74 Å². The number of fused-ring (bicyclic) bond motifs is 4. The quantitative estimate of drug-likeness (QED) is 0.471. The number of methoxy groups -OCH3 is 1. The van der Waals surface area contributed by atoms with E-state index < -0.39 is 5.60 Å². The van der Waals surface area contributed by atoms with E-state index in [9.17, 15) is 5.11 Å². The van der Waals surface area contributed by atoms with Crippen LogP contribution in [0.1, 0.15) is 33.7 Å². The number of imidazole rings is 1. The minimum Gasteiger partial charge on any atom is -0.497 e. The third-order valence-electron chi connectivity index (χ3n) is 8.80. The zero-order chi connectivity index (χ0) is 23.2. The van der Waals surface area contributed by atoms with Gasteiger partial charge in [0.05, 0.1) is 18.4 Å². The van der Waals surface area contributed by atoms with Crippen LogP contribution >= 0.6 is 11.3 Å². The smallest absolute Gasteiger partial charge is 0.194 e. The molecule has 4 aromatic rings. The summed E-state index contributed by atoms with van der Waals surface area (Å²) in [4.78, 5) is 9.68. The average Bonchev–Trinajstić information content (AvgIpc) is 3.38. The fourth-order valence-electron chi connectivity index (χ4n) is 6.90. The normalized spacial score (nSPS) is 27.8. The zero-order valence-corrected chi connectivity index (χ0v) is 20.7. The summed E-state index contributed by atoms with van der Waals surface area (Å²) >= 11 is 1.75. The molecule has 2 aliphatic carbocycles. The van der Waals surface area contributed by atoms with Crippen molar-refractivity contribution in [2.75, 3.05) is 20.7 Å². The van der Waals surface area contributed by atoms with Gasteiger partial charge < -0.3 is 14.7 Å². The van der Waals surface area contributed by atoms with Gasteiger partial charge in [0.2, 0.25) is 0 Å². The first-order valence-electron chi connectivity index (χ1n) is 12.1. The summed E-state index contributed by atoms with van der Waals surface area (Å²) in [5.74, 6) is 0.874. The van der Waals surface area contributed by atoms with E-state index in [1.807, 2.05) is 0 Å². The Labute approximate surface area is 203 Å². The number of thiazole rings is 1. The van der Waals surface area contributed by atoms with Gasteiger partial charge in [-0.3, -0.25) is 4.40 Å². The molecular formula is C28H29N3O2S. The maximum Gasteiger partial charge on any atom is 0.194 e. The Hall–Kier alpha value is -2.67. The monoisotopic (exact) mass is 471 g/mol. The molecule has 6 heteroatoms. The summed E-state index contributed by atoms with van der Waals surface area (Å²) in [6.45, 7) is 3.10. The minimum absolute atomic E-state index is 0.118. The van der Waals surface area contributed by atoms with Crippen molar-refractivity contribution in [1.82, 2.24) is 14.3 Å². The average molecular weight is 472 g/mol. The molecule has 5 nitrogen and oxygen atoms in total. The van der Waals surface area contributed by atoms with E-state index >= 15 is 0 Å². The van der Waals surface area contributed by atoms with Crippen molar-refractivity contribution < 1.29 is 9.84 Å². The summed E-state index contributed by atoms with van der Waals surface area (Å²) in [5, 5.41) is 12.5. The van der Waals surface area contributed by atoms with Gasteiger partial charge >= 0.3 is 0 Å². The van der Waals surface area contributed by atoms with Gasteiger partial charge in [-0.2, -0.15) is 0 Å². The molecular weight excluding hydrogens is 442 g/mol. The topological polar surface area (TPSA) is 50.0 Å². The number of nitrogens with zero attached hydrogens (tertiary/aromatic N) is 3. The second-order valence-corrected chi connectivity index (χ2v) is 11.5. The molecule has 0 amide bonds. The molecule has 1 fully saturated rings. The van der Waals surface area contributed by atoms with Crippen LogP contribution in [0.15, 0.2) is 48.7 Å². The molecule has 7 rings (SSSR count). The van der Waals surface area contributed by atoms with Gasteiger partial charge in [-0.25, -0.2) is 4.98 Å². The van der Waals surface area contributed by atoms with Crippen LogP contribution in [0, 0.1) is 6.92 Å². The van der Waals surface area contributed by atoms with Crippen LogP contribution in [0.2, 0.25) is 0 Å². The van der Waals surface area contributed by atoms with E-state index in [4.69, 9.17) is 9.72 Å². The number of ether oxygens (including phenoxy) is 1. The molecule has 3 heterocycles. The summed E-state index contributed by atoms with van der Waals surface area (Å²) in [6, 6.07) is 15.2. The number of piperidine rings is 1. The van der Waals surface area contributed by atoms with Crippen molar-refractivity contribution in [3.63, 3.8) is 0 Å². The van der Waals surface area contributed by atoms with Crippen molar-refractivity contribution in [2.45, 2.75) is 49.7 Å². The van der Waals surface area contributed by atoms with Crippen LogP contribution in [0.25, 0.3) is 16.2 Å². The highest BCUT2D eigenvalue weighted by atomic mass is 32.1. The number of hydrogen-bond acceptors (Lipinski definition) is 5. The second kappa shape index (κ2) is 6.94. The number of aryl methyl sites for hydroxylation is 1. The number of likely N-dealkylation sites (N-methyl/N-ethyl adjacent to an activating group) is 1. The Morgan fingerprint density at radius 2 is 1.97 bits per heavy atom.